The van der Waals surface area contributed by atoms with E-state index in [-0.39, 0.29) is 12.0 Å². The van der Waals surface area contributed by atoms with Gasteiger partial charge in [0.1, 0.15) is 12.0 Å². The van der Waals surface area contributed by atoms with Crippen molar-refractivity contribution in [1.82, 2.24) is 15.2 Å². The molecule has 0 saturated carbocycles. The molecule has 31 heavy (non-hydrogen) atoms. The molecule has 0 spiro atoms. The molecule has 0 aliphatic carbocycles. The molecule has 3 heterocycles. The molecule has 150 valence electrons. The third-order valence-electron chi connectivity index (χ3n) is 5.68. The van der Waals surface area contributed by atoms with Crippen molar-refractivity contribution in [2.24, 2.45) is 0 Å². The van der Waals surface area contributed by atoms with Crippen LogP contribution in [0.2, 0.25) is 0 Å². The zero-order valence-electron chi connectivity index (χ0n) is 16.4. The maximum Gasteiger partial charge on any atom is 0.141 e. The summed E-state index contributed by atoms with van der Waals surface area (Å²) < 4.78 is 14.5. The second-order valence-electron chi connectivity index (χ2n) is 7.54. The number of rotatable bonds is 3. The third-order valence-corrected chi connectivity index (χ3v) is 5.68. The van der Waals surface area contributed by atoms with Crippen LogP contribution in [0.1, 0.15) is 11.9 Å². The Bertz CT molecular complexity index is 1410. The number of aromatic nitrogens is 3. The highest BCUT2D eigenvalue weighted by atomic mass is 19.1. The van der Waals surface area contributed by atoms with Gasteiger partial charge in [-0.15, -0.1) is 0 Å². The molecule has 0 amide bonds. The molecule has 2 aromatic heterocycles. The van der Waals surface area contributed by atoms with Crippen molar-refractivity contribution in [3.8, 4) is 22.3 Å². The van der Waals surface area contributed by atoms with E-state index < -0.39 is 0 Å². The number of pyridine rings is 1. The van der Waals surface area contributed by atoms with E-state index in [0.717, 1.165) is 44.7 Å². The molecule has 3 N–H and O–H groups in total. The number of H-pyrrole nitrogens is 1. The van der Waals surface area contributed by atoms with Gasteiger partial charge in [0.15, 0.2) is 0 Å². The zero-order valence-corrected chi connectivity index (χ0v) is 16.4. The summed E-state index contributed by atoms with van der Waals surface area (Å²) in [7, 11) is 0. The standard InChI is InChI=1S/C25H18FN5/c26-20-8-2-1-6-17(20)18-7-3-9-22-23(18)29-25(28-22)24-19-13-15(10-11-21(19)30-31-24)16-5-4-12-27-14-16/h1-14,25,28-29H,(H,30,31). The number of benzene rings is 3. The minimum atomic E-state index is -0.241. The fourth-order valence-corrected chi connectivity index (χ4v) is 4.18. The third kappa shape index (κ3) is 2.92. The van der Waals surface area contributed by atoms with Gasteiger partial charge in [-0.25, -0.2) is 4.39 Å². The Morgan fingerprint density at radius 2 is 1.71 bits per heavy atom. The largest absolute Gasteiger partial charge is 0.359 e. The summed E-state index contributed by atoms with van der Waals surface area (Å²) in [5.41, 5.74) is 7.14. The molecule has 0 saturated heterocycles. The van der Waals surface area contributed by atoms with E-state index in [1.54, 1.807) is 18.3 Å². The van der Waals surface area contributed by atoms with Crippen LogP contribution in [0.5, 0.6) is 0 Å². The summed E-state index contributed by atoms with van der Waals surface area (Å²) in [6.45, 7) is 0. The number of halogens is 1. The van der Waals surface area contributed by atoms with Crippen LogP contribution >= 0.6 is 0 Å². The van der Waals surface area contributed by atoms with Gasteiger partial charge in [0.2, 0.25) is 0 Å². The molecular weight excluding hydrogens is 389 g/mol. The van der Waals surface area contributed by atoms with Gasteiger partial charge in [0.25, 0.3) is 0 Å². The van der Waals surface area contributed by atoms with Crippen LogP contribution in [0.25, 0.3) is 33.2 Å². The quantitative estimate of drug-likeness (QED) is 0.345. The fraction of sp³-hybridized carbons (Fsp3) is 0.0400. The Hall–Kier alpha value is -4.19. The van der Waals surface area contributed by atoms with Crippen LogP contribution in [-0.4, -0.2) is 15.2 Å². The van der Waals surface area contributed by atoms with E-state index in [0.29, 0.717) is 5.56 Å². The SMILES string of the molecule is Fc1ccccc1-c1cccc2c1NC(c1[nH]nc3ccc(-c4cccnc4)cc13)N2. The first-order valence-corrected chi connectivity index (χ1v) is 10.1. The molecule has 6 rings (SSSR count). The van der Waals surface area contributed by atoms with E-state index in [4.69, 9.17) is 0 Å². The molecule has 1 aliphatic rings. The molecule has 0 bridgehead atoms. The number of hydrogen-bond acceptors (Lipinski definition) is 4. The van der Waals surface area contributed by atoms with Gasteiger partial charge >= 0.3 is 0 Å². The number of anilines is 2. The number of para-hydroxylation sites is 1. The van der Waals surface area contributed by atoms with E-state index in [9.17, 15) is 4.39 Å². The van der Waals surface area contributed by atoms with Crippen molar-refractivity contribution >= 4 is 22.3 Å². The van der Waals surface area contributed by atoms with Gasteiger partial charge in [-0.3, -0.25) is 10.1 Å². The van der Waals surface area contributed by atoms with E-state index >= 15 is 0 Å². The zero-order chi connectivity index (χ0) is 20.8. The number of hydrogen-bond donors (Lipinski definition) is 3. The summed E-state index contributed by atoms with van der Waals surface area (Å²) in [4.78, 5) is 4.22. The summed E-state index contributed by atoms with van der Waals surface area (Å²) in [5.74, 6) is -0.241. The summed E-state index contributed by atoms with van der Waals surface area (Å²) >= 11 is 0. The molecule has 0 fully saturated rings. The van der Waals surface area contributed by atoms with Crippen LogP contribution in [0.3, 0.4) is 0 Å². The highest BCUT2D eigenvalue weighted by molar-refractivity contribution is 5.93. The Labute approximate surface area is 178 Å². The first-order valence-electron chi connectivity index (χ1n) is 10.1. The number of aromatic amines is 1. The second kappa shape index (κ2) is 6.95. The smallest absolute Gasteiger partial charge is 0.141 e. The molecular formula is C25H18FN5. The molecule has 1 unspecified atom stereocenters. The Balaban J connectivity index is 1.41. The van der Waals surface area contributed by atoms with Crippen molar-refractivity contribution in [2.45, 2.75) is 6.17 Å². The van der Waals surface area contributed by atoms with Crippen LogP contribution < -0.4 is 10.6 Å². The predicted octanol–water partition coefficient (Wildman–Crippen LogP) is 5.97. The normalized spacial score (nSPS) is 14.8. The first-order chi connectivity index (χ1) is 15.3. The van der Waals surface area contributed by atoms with Gasteiger partial charge in [-0.2, -0.15) is 5.10 Å². The Kier molecular flexibility index (Phi) is 3.96. The Morgan fingerprint density at radius 3 is 2.58 bits per heavy atom. The molecule has 6 heteroatoms. The van der Waals surface area contributed by atoms with Gasteiger partial charge in [-0.05, 0) is 35.9 Å². The minimum absolute atomic E-state index is 0.211. The van der Waals surface area contributed by atoms with Crippen molar-refractivity contribution < 1.29 is 4.39 Å². The number of nitrogens with zero attached hydrogens (tertiary/aromatic N) is 2. The van der Waals surface area contributed by atoms with Gasteiger partial charge < -0.3 is 10.6 Å². The molecule has 3 aromatic carbocycles. The van der Waals surface area contributed by atoms with E-state index in [1.165, 1.54) is 6.07 Å². The molecule has 5 nitrogen and oxygen atoms in total. The van der Waals surface area contributed by atoms with Crippen molar-refractivity contribution in [3.05, 3.63) is 96.7 Å². The maximum atomic E-state index is 14.5. The number of fused-ring (bicyclic) bond motifs is 2. The van der Waals surface area contributed by atoms with E-state index in [1.807, 2.05) is 54.7 Å². The lowest BCUT2D eigenvalue weighted by atomic mass is 10.0. The highest BCUT2D eigenvalue weighted by Crippen LogP contribution is 2.43. The van der Waals surface area contributed by atoms with Crippen LogP contribution in [-0.2, 0) is 0 Å². The predicted molar refractivity (Wildman–Crippen MR) is 121 cm³/mol. The highest BCUT2D eigenvalue weighted by Gasteiger charge is 2.27. The maximum absolute atomic E-state index is 14.5. The van der Waals surface area contributed by atoms with Gasteiger partial charge in [-0.1, -0.05) is 42.5 Å². The Morgan fingerprint density at radius 1 is 0.806 bits per heavy atom. The molecule has 1 aliphatic heterocycles. The summed E-state index contributed by atoms with van der Waals surface area (Å²) in [6, 6.07) is 22.8. The first kappa shape index (κ1) is 17.7. The summed E-state index contributed by atoms with van der Waals surface area (Å²) in [6.07, 6.45) is 3.41. The van der Waals surface area contributed by atoms with Crippen molar-refractivity contribution in [2.75, 3.05) is 10.6 Å². The molecule has 5 aromatic rings. The van der Waals surface area contributed by atoms with Crippen molar-refractivity contribution in [3.63, 3.8) is 0 Å². The average molecular weight is 407 g/mol. The lowest BCUT2D eigenvalue weighted by Gasteiger charge is -2.12. The topological polar surface area (TPSA) is 65.6 Å². The monoisotopic (exact) mass is 407 g/mol. The fourth-order valence-electron chi connectivity index (χ4n) is 4.18. The lowest BCUT2D eigenvalue weighted by Crippen LogP contribution is -2.13. The average Bonchev–Trinajstić information content (AvgIpc) is 3.43. The molecule has 0 radical (unpaired) electrons. The second-order valence-corrected chi connectivity index (χ2v) is 7.54. The number of nitrogens with one attached hydrogen (secondary N) is 3. The van der Waals surface area contributed by atoms with Gasteiger partial charge in [0.05, 0.1) is 22.6 Å². The van der Waals surface area contributed by atoms with E-state index in [2.05, 4.69) is 31.9 Å². The minimum Gasteiger partial charge on any atom is -0.359 e. The van der Waals surface area contributed by atoms with Crippen molar-refractivity contribution in [1.29, 1.82) is 0 Å². The van der Waals surface area contributed by atoms with Gasteiger partial charge in [0, 0.05) is 34.5 Å². The molecule has 1 atom stereocenters. The lowest BCUT2D eigenvalue weighted by molar-refractivity contribution is 0.631. The van der Waals surface area contributed by atoms with Crippen LogP contribution in [0.15, 0.2) is 85.2 Å². The summed E-state index contributed by atoms with van der Waals surface area (Å²) in [5, 5.41) is 15.7. The van der Waals surface area contributed by atoms with Crippen LogP contribution in [0, 0.1) is 5.82 Å². The van der Waals surface area contributed by atoms with Crippen LogP contribution in [0.4, 0.5) is 15.8 Å².